The first-order chi connectivity index (χ1) is 11.0. The minimum absolute atomic E-state index is 0. The summed E-state index contributed by atoms with van der Waals surface area (Å²) in [4.78, 5) is 24.1. The predicted octanol–water partition coefficient (Wildman–Crippen LogP) is 1.97. The van der Waals surface area contributed by atoms with Gasteiger partial charge in [0.25, 0.3) is 0 Å². The molecule has 0 aliphatic carbocycles. The van der Waals surface area contributed by atoms with Crippen molar-refractivity contribution in [1.82, 2.24) is 5.32 Å². The number of carbonyl (C=O) groups excluding carboxylic acids is 2. The van der Waals surface area contributed by atoms with E-state index in [9.17, 15) is 9.59 Å². The molecule has 1 aromatic carbocycles. The molecule has 24 heavy (non-hydrogen) atoms. The smallest absolute Gasteiger partial charge is 0.308 e. The summed E-state index contributed by atoms with van der Waals surface area (Å²) in [6.07, 6.45) is -0.303. The number of methoxy groups -OCH3 is 1. The van der Waals surface area contributed by atoms with Crippen LogP contribution in [0, 0.1) is 0 Å². The van der Waals surface area contributed by atoms with E-state index in [2.05, 4.69) is 5.32 Å². The maximum atomic E-state index is 12.2. The Morgan fingerprint density at radius 1 is 1.17 bits per heavy atom. The van der Waals surface area contributed by atoms with E-state index in [1.54, 1.807) is 13.8 Å². The summed E-state index contributed by atoms with van der Waals surface area (Å²) in [6, 6.07) is 8.89. The standard InChI is InChI=1S/C17H26N2O4.ClH/c1-12(2)23-17(21)10-15(13-7-5-4-6-8-13)19-16(20)9-14(11-18)22-3;/h4-8,12,14-15H,9-11,18H2,1-3H3,(H,19,20);1H. The highest BCUT2D eigenvalue weighted by atomic mass is 35.5. The number of rotatable bonds is 9. The molecule has 1 amide bonds. The van der Waals surface area contributed by atoms with E-state index < -0.39 is 6.04 Å². The van der Waals surface area contributed by atoms with Crippen molar-refractivity contribution in [3.63, 3.8) is 0 Å². The lowest BCUT2D eigenvalue weighted by Crippen LogP contribution is -2.35. The van der Waals surface area contributed by atoms with E-state index in [4.69, 9.17) is 15.2 Å². The zero-order valence-electron chi connectivity index (χ0n) is 14.4. The van der Waals surface area contributed by atoms with Gasteiger partial charge in [0.15, 0.2) is 0 Å². The van der Waals surface area contributed by atoms with Crippen LogP contribution >= 0.6 is 12.4 Å². The first kappa shape index (κ1) is 22.4. The fourth-order valence-corrected chi connectivity index (χ4v) is 2.14. The Morgan fingerprint density at radius 2 is 1.79 bits per heavy atom. The molecule has 0 fully saturated rings. The van der Waals surface area contributed by atoms with Crippen LogP contribution in [0.3, 0.4) is 0 Å². The number of nitrogens with one attached hydrogen (secondary N) is 1. The first-order valence-electron chi connectivity index (χ1n) is 7.72. The molecule has 0 aromatic heterocycles. The Hall–Kier alpha value is -1.63. The number of amides is 1. The summed E-state index contributed by atoms with van der Waals surface area (Å²) in [7, 11) is 1.51. The minimum atomic E-state index is -0.440. The molecule has 0 bridgehead atoms. The molecule has 3 N–H and O–H groups in total. The fraction of sp³-hybridized carbons (Fsp3) is 0.529. The van der Waals surface area contributed by atoms with E-state index >= 15 is 0 Å². The third kappa shape index (κ3) is 8.29. The lowest BCUT2D eigenvalue weighted by atomic mass is 10.0. The van der Waals surface area contributed by atoms with Crippen LogP contribution in [0.15, 0.2) is 30.3 Å². The number of nitrogens with two attached hydrogens (primary N) is 1. The number of ether oxygens (including phenoxy) is 2. The van der Waals surface area contributed by atoms with Crippen LogP contribution in [0.25, 0.3) is 0 Å². The monoisotopic (exact) mass is 358 g/mol. The highest BCUT2D eigenvalue weighted by Crippen LogP contribution is 2.18. The van der Waals surface area contributed by atoms with Crippen molar-refractivity contribution < 1.29 is 19.1 Å². The summed E-state index contributed by atoms with van der Waals surface area (Å²) in [5.74, 6) is -0.565. The molecular weight excluding hydrogens is 332 g/mol. The number of hydrogen-bond acceptors (Lipinski definition) is 5. The SMILES string of the molecule is COC(CN)CC(=O)NC(CC(=O)OC(C)C)c1ccccc1.Cl. The molecule has 0 aliphatic rings. The molecule has 1 aromatic rings. The van der Waals surface area contributed by atoms with Crippen LogP contribution in [-0.4, -0.2) is 37.7 Å². The summed E-state index contributed by atoms with van der Waals surface area (Å²) < 4.78 is 10.3. The number of esters is 1. The molecule has 0 aliphatic heterocycles. The second-order valence-electron chi connectivity index (χ2n) is 5.57. The van der Waals surface area contributed by atoms with E-state index in [-0.39, 0.29) is 55.9 Å². The van der Waals surface area contributed by atoms with E-state index in [1.807, 2.05) is 30.3 Å². The van der Waals surface area contributed by atoms with Gasteiger partial charge in [-0.05, 0) is 19.4 Å². The molecule has 0 spiro atoms. The van der Waals surface area contributed by atoms with Gasteiger partial charge in [-0.15, -0.1) is 12.4 Å². The molecule has 0 saturated heterocycles. The largest absolute Gasteiger partial charge is 0.463 e. The summed E-state index contributed by atoms with van der Waals surface area (Å²) >= 11 is 0. The predicted molar refractivity (Wildman–Crippen MR) is 94.9 cm³/mol. The lowest BCUT2D eigenvalue weighted by Gasteiger charge is -2.21. The second kappa shape index (κ2) is 11.8. The number of carbonyl (C=O) groups is 2. The maximum absolute atomic E-state index is 12.2. The van der Waals surface area contributed by atoms with Crippen molar-refractivity contribution in [3.8, 4) is 0 Å². The Labute approximate surface area is 149 Å². The summed E-state index contributed by atoms with van der Waals surface area (Å²) in [5, 5.41) is 2.86. The zero-order valence-corrected chi connectivity index (χ0v) is 15.2. The maximum Gasteiger partial charge on any atom is 0.308 e. The lowest BCUT2D eigenvalue weighted by molar-refractivity contribution is -0.148. The topological polar surface area (TPSA) is 90.6 Å². The normalized spacial score (nSPS) is 12.9. The molecule has 7 heteroatoms. The van der Waals surface area contributed by atoms with Crippen molar-refractivity contribution in [3.05, 3.63) is 35.9 Å². The van der Waals surface area contributed by atoms with Crippen LogP contribution in [-0.2, 0) is 19.1 Å². The van der Waals surface area contributed by atoms with Gasteiger partial charge in [0.05, 0.1) is 31.1 Å². The summed E-state index contributed by atoms with van der Waals surface area (Å²) in [5.41, 5.74) is 6.38. The highest BCUT2D eigenvalue weighted by molar-refractivity contribution is 5.85. The Kier molecular flexibility index (Phi) is 11.0. The van der Waals surface area contributed by atoms with E-state index in [1.165, 1.54) is 7.11 Å². The van der Waals surface area contributed by atoms with Crippen molar-refractivity contribution >= 4 is 24.3 Å². The molecule has 2 atom stereocenters. The third-order valence-corrected chi connectivity index (χ3v) is 3.28. The van der Waals surface area contributed by atoms with Gasteiger partial charge in [-0.2, -0.15) is 0 Å². The fourth-order valence-electron chi connectivity index (χ4n) is 2.14. The first-order valence-corrected chi connectivity index (χ1v) is 7.72. The zero-order chi connectivity index (χ0) is 17.2. The van der Waals surface area contributed by atoms with Crippen LogP contribution in [0.5, 0.6) is 0 Å². The molecule has 0 heterocycles. The van der Waals surface area contributed by atoms with Crippen molar-refractivity contribution in [2.75, 3.05) is 13.7 Å². The second-order valence-corrected chi connectivity index (χ2v) is 5.57. The molecule has 1 rings (SSSR count). The number of halogens is 1. The van der Waals surface area contributed by atoms with E-state index in [0.29, 0.717) is 0 Å². The third-order valence-electron chi connectivity index (χ3n) is 3.28. The Bertz CT molecular complexity index is 493. The number of benzene rings is 1. The van der Waals surface area contributed by atoms with Gasteiger partial charge in [0.1, 0.15) is 0 Å². The van der Waals surface area contributed by atoms with Gasteiger partial charge in [-0.25, -0.2) is 0 Å². The summed E-state index contributed by atoms with van der Waals surface area (Å²) in [6.45, 7) is 3.84. The molecule has 136 valence electrons. The van der Waals surface area contributed by atoms with Crippen molar-refractivity contribution in [2.24, 2.45) is 5.73 Å². The van der Waals surface area contributed by atoms with Gasteiger partial charge in [-0.3, -0.25) is 9.59 Å². The van der Waals surface area contributed by atoms with Gasteiger partial charge in [0.2, 0.25) is 5.91 Å². The van der Waals surface area contributed by atoms with Crippen molar-refractivity contribution in [1.29, 1.82) is 0 Å². The van der Waals surface area contributed by atoms with Gasteiger partial charge >= 0.3 is 5.97 Å². The molecule has 6 nitrogen and oxygen atoms in total. The quantitative estimate of drug-likeness (QED) is 0.658. The van der Waals surface area contributed by atoms with E-state index in [0.717, 1.165) is 5.56 Å². The minimum Gasteiger partial charge on any atom is -0.463 e. The molecule has 2 unspecified atom stereocenters. The highest BCUT2D eigenvalue weighted by Gasteiger charge is 2.21. The van der Waals surface area contributed by atoms with Gasteiger partial charge < -0.3 is 20.5 Å². The van der Waals surface area contributed by atoms with Crippen LogP contribution in [0.2, 0.25) is 0 Å². The van der Waals surface area contributed by atoms with Gasteiger partial charge in [-0.1, -0.05) is 30.3 Å². The van der Waals surface area contributed by atoms with Crippen LogP contribution < -0.4 is 11.1 Å². The average Bonchev–Trinajstić information content (AvgIpc) is 2.52. The van der Waals surface area contributed by atoms with Crippen LogP contribution in [0.1, 0.15) is 38.3 Å². The Morgan fingerprint density at radius 3 is 2.29 bits per heavy atom. The molecule has 0 saturated carbocycles. The molecule has 0 radical (unpaired) electrons. The Balaban J connectivity index is 0.00000529. The van der Waals surface area contributed by atoms with Crippen molar-refractivity contribution in [2.45, 2.75) is 44.9 Å². The molecular formula is C17H27ClN2O4. The average molecular weight is 359 g/mol. The number of hydrogen-bond donors (Lipinski definition) is 2. The van der Waals surface area contributed by atoms with Gasteiger partial charge in [0, 0.05) is 13.7 Å². The van der Waals surface area contributed by atoms with Crippen LogP contribution in [0.4, 0.5) is 0 Å².